The van der Waals surface area contributed by atoms with E-state index >= 15 is 0 Å². The third kappa shape index (κ3) is 6.93. The molecule has 0 fully saturated rings. The van der Waals surface area contributed by atoms with Gasteiger partial charge in [0.25, 0.3) is 0 Å². The van der Waals surface area contributed by atoms with Crippen LogP contribution in [-0.4, -0.2) is 52.0 Å². The molecular formula is C22H34IN7O. The molecule has 0 bridgehead atoms. The molecule has 8 nitrogen and oxygen atoms in total. The summed E-state index contributed by atoms with van der Waals surface area (Å²) < 4.78 is 7.39. The van der Waals surface area contributed by atoms with E-state index in [1.165, 1.54) is 22.2 Å². The minimum absolute atomic E-state index is 0. The Hall–Kier alpha value is -2.14. The van der Waals surface area contributed by atoms with Gasteiger partial charge in [-0.15, -0.1) is 34.2 Å². The standard InChI is InChI=1S/C22H33N7O.HI/c1-5-30-14-8-12-23-22(25-15-21-28-27-17(3)29(21)4)24-13-11-18-16(2)26-20-10-7-6-9-19(18)20;/h6-7,9-10,26H,5,8,11-15H2,1-4H3,(H2,23,24,25);1H. The summed E-state index contributed by atoms with van der Waals surface area (Å²) >= 11 is 0. The summed E-state index contributed by atoms with van der Waals surface area (Å²) in [4.78, 5) is 8.18. The molecule has 9 heteroatoms. The van der Waals surface area contributed by atoms with Crippen molar-refractivity contribution in [3.05, 3.63) is 47.2 Å². The first-order valence-corrected chi connectivity index (χ1v) is 10.6. The topological polar surface area (TPSA) is 92.2 Å². The molecule has 2 aromatic heterocycles. The highest BCUT2D eigenvalue weighted by molar-refractivity contribution is 14.0. The SMILES string of the molecule is CCOCCCNC(=NCc1nnc(C)n1C)NCCc1c(C)[nH]c2ccccc12.I. The van der Waals surface area contributed by atoms with E-state index in [2.05, 4.69) is 57.0 Å². The van der Waals surface area contributed by atoms with Crippen LogP contribution in [0.5, 0.6) is 0 Å². The number of nitrogens with one attached hydrogen (secondary N) is 3. The molecule has 0 aliphatic rings. The largest absolute Gasteiger partial charge is 0.382 e. The molecule has 31 heavy (non-hydrogen) atoms. The normalized spacial score (nSPS) is 11.5. The van der Waals surface area contributed by atoms with E-state index < -0.39 is 0 Å². The number of halogens is 1. The first kappa shape index (κ1) is 25.1. The van der Waals surface area contributed by atoms with E-state index in [0.717, 1.165) is 56.8 Å². The number of ether oxygens (including phenoxy) is 1. The van der Waals surface area contributed by atoms with Gasteiger partial charge in [0.1, 0.15) is 12.4 Å². The molecule has 0 saturated carbocycles. The summed E-state index contributed by atoms with van der Waals surface area (Å²) in [5, 5.41) is 16.5. The lowest BCUT2D eigenvalue weighted by Gasteiger charge is -2.13. The number of aromatic amines is 1. The van der Waals surface area contributed by atoms with Crippen molar-refractivity contribution in [2.45, 2.75) is 40.2 Å². The molecule has 0 atom stereocenters. The van der Waals surface area contributed by atoms with Gasteiger partial charge in [-0.3, -0.25) is 0 Å². The van der Waals surface area contributed by atoms with E-state index in [4.69, 9.17) is 9.73 Å². The molecule has 3 rings (SSSR count). The van der Waals surface area contributed by atoms with Gasteiger partial charge in [-0.25, -0.2) is 4.99 Å². The van der Waals surface area contributed by atoms with Crippen LogP contribution in [0.2, 0.25) is 0 Å². The van der Waals surface area contributed by atoms with Crippen molar-refractivity contribution in [3.8, 4) is 0 Å². The van der Waals surface area contributed by atoms with Crippen LogP contribution in [0.1, 0.15) is 36.3 Å². The maximum atomic E-state index is 5.42. The monoisotopic (exact) mass is 539 g/mol. The number of nitrogens with zero attached hydrogens (tertiary/aromatic N) is 4. The Morgan fingerprint density at radius 1 is 1.16 bits per heavy atom. The summed E-state index contributed by atoms with van der Waals surface area (Å²) in [6, 6.07) is 8.44. The van der Waals surface area contributed by atoms with Crippen LogP contribution in [0, 0.1) is 13.8 Å². The number of rotatable bonds is 10. The van der Waals surface area contributed by atoms with Gasteiger partial charge < -0.3 is 24.9 Å². The van der Waals surface area contributed by atoms with Crippen molar-refractivity contribution in [3.63, 3.8) is 0 Å². The molecule has 0 aliphatic carbocycles. The van der Waals surface area contributed by atoms with Gasteiger partial charge >= 0.3 is 0 Å². The molecule has 0 unspecified atom stereocenters. The van der Waals surface area contributed by atoms with Gasteiger partial charge in [0.15, 0.2) is 11.8 Å². The highest BCUT2D eigenvalue weighted by atomic mass is 127. The minimum Gasteiger partial charge on any atom is -0.382 e. The Balaban J connectivity index is 0.00000341. The summed E-state index contributed by atoms with van der Waals surface area (Å²) in [5.74, 6) is 2.51. The fourth-order valence-corrected chi connectivity index (χ4v) is 3.40. The highest BCUT2D eigenvalue weighted by Gasteiger charge is 2.09. The molecule has 0 aliphatic heterocycles. The molecule has 3 N–H and O–H groups in total. The first-order chi connectivity index (χ1) is 14.6. The van der Waals surface area contributed by atoms with Crippen LogP contribution < -0.4 is 10.6 Å². The van der Waals surface area contributed by atoms with Crippen molar-refractivity contribution < 1.29 is 4.74 Å². The van der Waals surface area contributed by atoms with E-state index in [1.54, 1.807) is 0 Å². The van der Waals surface area contributed by atoms with Crippen LogP contribution in [0.15, 0.2) is 29.3 Å². The molecule has 0 amide bonds. The number of aromatic nitrogens is 4. The summed E-state index contributed by atoms with van der Waals surface area (Å²) in [6.07, 6.45) is 1.84. The summed E-state index contributed by atoms with van der Waals surface area (Å²) in [6.45, 7) is 9.64. The van der Waals surface area contributed by atoms with Crippen LogP contribution in [0.25, 0.3) is 10.9 Å². The zero-order valence-electron chi connectivity index (χ0n) is 18.9. The summed E-state index contributed by atoms with van der Waals surface area (Å²) in [5.41, 5.74) is 3.75. The van der Waals surface area contributed by atoms with Crippen molar-refractivity contribution in [2.75, 3.05) is 26.3 Å². The van der Waals surface area contributed by atoms with Crippen molar-refractivity contribution >= 4 is 40.8 Å². The fourth-order valence-electron chi connectivity index (χ4n) is 3.40. The number of aryl methyl sites for hydroxylation is 2. The predicted molar refractivity (Wildman–Crippen MR) is 136 cm³/mol. The Kier molecular flexibility index (Phi) is 10.3. The Labute approximate surface area is 201 Å². The minimum atomic E-state index is 0. The van der Waals surface area contributed by atoms with Crippen LogP contribution in [0.3, 0.4) is 0 Å². The lowest BCUT2D eigenvalue weighted by molar-refractivity contribution is 0.145. The first-order valence-electron chi connectivity index (χ1n) is 10.6. The number of fused-ring (bicyclic) bond motifs is 1. The Morgan fingerprint density at radius 2 is 1.94 bits per heavy atom. The third-order valence-electron chi connectivity index (χ3n) is 5.22. The molecule has 0 radical (unpaired) electrons. The molecule has 0 saturated heterocycles. The number of aliphatic imine (C=N–C) groups is 1. The molecule has 1 aromatic carbocycles. The maximum Gasteiger partial charge on any atom is 0.191 e. The number of guanidine groups is 1. The van der Waals surface area contributed by atoms with E-state index in [1.807, 2.05) is 25.5 Å². The lowest BCUT2D eigenvalue weighted by Crippen LogP contribution is -2.39. The fraction of sp³-hybridized carbons (Fsp3) is 0.500. The van der Waals surface area contributed by atoms with Crippen LogP contribution >= 0.6 is 24.0 Å². The van der Waals surface area contributed by atoms with Crippen molar-refractivity contribution in [2.24, 2.45) is 12.0 Å². The van der Waals surface area contributed by atoms with E-state index in [-0.39, 0.29) is 24.0 Å². The number of hydrogen-bond acceptors (Lipinski definition) is 4. The Bertz CT molecular complexity index is 980. The molecular weight excluding hydrogens is 505 g/mol. The zero-order valence-corrected chi connectivity index (χ0v) is 21.2. The number of H-pyrrole nitrogens is 1. The van der Waals surface area contributed by atoms with Crippen LogP contribution in [-0.2, 0) is 24.8 Å². The number of benzene rings is 1. The predicted octanol–water partition coefficient (Wildman–Crippen LogP) is 3.24. The van der Waals surface area contributed by atoms with E-state index in [0.29, 0.717) is 6.54 Å². The van der Waals surface area contributed by atoms with Crippen LogP contribution in [0.4, 0.5) is 0 Å². The summed E-state index contributed by atoms with van der Waals surface area (Å²) in [7, 11) is 1.96. The smallest absolute Gasteiger partial charge is 0.191 e. The van der Waals surface area contributed by atoms with Gasteiger partial charge in [-0.2, -0.15) is 0 Å². The highest BCUT2D eigenvalue weighted by Crippen LogP contribution is 2.21. The van der Waals surface area contributed by atoms with E-state index in [9.17, 15) is 0 Å². The van der Waals surface area contributed by atoms with Crippen molar-refractivity contribution in [1.29, 1.82) is 0 Å². The van der Waals surface area contributed by atoms with Gasteiger partial charge in [0.2, 0.25) is 0 Å². The third-order valence-corrected chi connectivity index (χ3v) is 5.22. The quantitative estimate of drug-likeness (QED) is 0.159. The molecule has 170 valence electrons. The second-order valence-electron chi connectivity index (χ2n) is 7.32. The van der Waals surface area contributed by atoms with Gasteiger partial charge in [0, 0.05) is 49.9 Å². The Morgan fingerprint density at radius 3 is 2.68 bits per heavy atom. The lowest BCUT2D eigenvalue weighted by atomic mass is 10.1. The molecule has 0 spiro atoms. The second kappa shape index (κ2) is 12.7. The average Bonchev–Trinajstić information content (AvgIpc) is 3.24. The number of hydrogen-bond donors (Lipinski definition) is 3. The van der Waals surface area contributed by atoms with Gasteiger partial charge in [-0.1, -0.05) is 18.2 Å². The molecule has 2 heterocycles. The molecule has 3 aromatic rings. The van der Waals surface area contributed by atoms with Gasteiger partial charge in [0.05, 0.1) is 0 Å². The average molecular weight is 539 g/mol. The second-order valence-corrected chi connectivity index (χ2v) is 7.32. The van der Waals surface area contributed by atoms with Gasteiger partial charge in [-0.05, 0) is 45.2 Å². The zero-order chi connectivity index (χ0) is 21.3. The maximum absolute atomic E-state index is 5.42. The number of para-hydroxylation sites is 1. The van der Waals surface area contributed by atoms with Crippen molar-refractivity contribution in [1.82, 2.24) is 30.4 Å².